The second-order valence-corrected chi connectivity index (χ2v) is 8.67. The number of hydrogen-bond donors (Lipinski definition) is 2. The van der Waals surface area contributed by atoms with Crippen LogP contribution in [-0.4, -0.2) is 33.0 Å². The van der Waals surface area contributed by atoms with Crippen LogP contribution >= 0.6 is 22.9 Å². The highest BCUT2D eigenvalue weighted by atomic mass is 35.5. The molecule has 11 heteroatoms. The summed E-state index contributed by atoms with van der Waals surface area (Å²) in [5.74, 6) is -0.838. The number of rotatable bonds is 8. The zero-order chi connectivity index (χ0) is 21.7. The number of nitro groups is 1. The zero-order valence-electron chi connectivity index (χ0n) is 16.4. The smallest absolute Gasteiger partial charge is 0.270 e. The Morgan fingerprint density at radius 1 is 1.24 bits per heavy atom. The van der Waals surface area contributed by atoms with Gasteiger partial charge in [0.1, 0.15) is 11.0 Å². The summed E-state index contributed by atoms with van der Waals surface area (Å²) in [7, 11) is 0. The van der Waals surface area contributed by atoms with Gasteiger partial charge in [-0.15, -0.1) is 10.2 Å². The van der Waals surface area contributed by atoms with Gasteiger partial charge in [0.25, 0.3) is 11.6 Å². The lowest BCUT2D eigenvalue weighted by Gasteiger charge is -2.21. The predicted octanol–water partition coefficient (Wildman–Crippen LogP) is 3.69. The molecule has 1 atom stereocenters. The molecular formula is C18H22ClN5O4S. The lowest BCUT2D eigenvalue weighted by Crippen LogP contribution is -2.47. The molecule has 2 amide bonds. The largest absolute Gasteiger partial charge is 0.340 e. The topological polar surface area (TPSA) is 127 Å². The Morgan fingerprint density at radius 3 is 2.48 bits per heavy atom. The lowest BCUT2D eigenvalue weighted by atomic mass is 10.0. The third-order valence-corrected chi connectivity index (χ3v) is 5.10. The molecule has 0 bridgehead atoms. The minimum Gasteiger partial charge on any atom is -0.340 e. The molecule has 1 aromatic carbocycles. The molecule has 0 spiro atoms. The number of halogens is 1. The first-order valence-corrected chi connectivity index (χ1v) is 10.2. The van der Waals surface area contributed by atoms with Crippen LogP contribution in [0.2, 0.25) is 5.02 Å². The highest BCUT2D eigenvalue weighted by Crippen LogP contribution is 2.23. The molecule has 1 aromatic heterocycles. The van der Waals surface area contributed by atoms with Gasteiger partial charge >= 0.3 is 0 Å². The molecule has 2 N–H and O–H groups in total. The second kappa shape index (κ2) is 9.75. The van der Waals surface area contributed by atoms with E-state index < -0.39 is 22.8 Å². The normalized spacial score (nSPS) is 12.1. The van der Waals surface area contributed by atoms with E-state index in [4.69, 9.17) is 11.6 Å². The first-order chi connectivity index (χ1) is 13.6. The van der Waals surface area contributed by atoms with Crippen molar-refractivity contribution in [3.63, 3.8) is 0 Å². The number of anilines is 1. The summed E-state index contributed by atoms with van der Waals surface area (Å²) in [6, 6.07) is 2.68. The maximum Gasteiger partial charge on any atom is 0.270 e. The van der Waals surface area contributed by atoms with Crippen LogP contribution in [0.15, 0.2) is 18.2 Å². The number of nitrogens with zero attached hydrogens (tertiary/aromatic N) is 3. The molecule has 0 saturated carbocycles. The first-order valence-electron chi connectivity index (χ1n) is 8.96. The highest BCUT2D eigenvalue weighted by molar-refractivity contribution is 7.15. The molecular weight excluding hydrogens is 418 g/mol. The van der Waals surface area contributed by atoms with Gasteiger partial charge < -0.3 is 5.32 Å². The van der Waals surface area contributed by atoms with Crippen molar-refractivity contribution in [1.29, 1.82) is 0 Å². The minimum atomic E-state index is -0.855. The second-order valence-electron chi connectivity index (χ2n) is 7.20. The van der Waals surface area contributed by atoms with E-state index in [9.17, 15) is 19.7 Å². The Bertz CT molecular complexity index is 915. The van der Waals surface area contributed by atoms with Gasteiger partial charge in [0, 0.05) is 18.6 Å². The summed E-state index contributed by atoms with van der Waals surface area (Å²) in [5, 5.41) is 25.3. The summed E-state index contributed by atoms with van der Waals surface area (Å²) in [6.07, 6.45) is 0.760. The summed E-state index contributed by atoms with van der Waals surface area (Å²) in [4.78, 5) is 35.4. The molecule has 1 heterocycles. The molecule has 0 radical (unpaired) electrons. The number of aromatic nitrogens is 2. The third-order valence-electron chi connectivity index (χ3n) is 3.92. The van der Waals surface area contributed by atoms with Crippen molar-refractivity contribution in [2.45, 2.75) is 40.2 Å². The van der Waals surface area contributed by atoms with Gasteiger partial charge in [-0.05, 0) is 17.9 Å². The van der Waals surface area contributed by atoms with E-state index in [1.54, 1.807) is 13.8 Å². The van der Waals surface area contributed by atoms with Gasteiger partial charge in [0.15, 0.2) is 0 Å². The van der Waals surface area contributed by atoms with Crippen LogP contribution in [0.4, 0.5) is 10.8 Å². The molecule has 0 fully saturated rings. The van der Waals surface area contributed by atoms with Crippen molar-refractivity contribution in [1.82, 2.24) is 15.5 Å². The molecule has 0 aliphatic rings. The fourth-order valence-corrected chi connectivity index (χ4v) is 3.69. The Morgan fingerprint density at radius 2 is 1.93 bits per heavy atom. The first kappa shape index (κ1) is 22.7. The van der Waals surface area contributed by atoms with Crippen LogP contribution in [0, 0.1) is 22.0 Å². The lowest BCUT2D eigenvalue weighted by molar-refractivity contribution is -0.384. The van der Waals surface area contributed by atoms with E-state index in [-0.39, 0.29) is 22.2 Å². The van der Waals surface area contributed by atoms with Gasteiger partial charge in [-0.25, -0.2) is 0 Å². The maximum absolute atomic E-state index is 12.7. The van der Waals surface area contributed by atoms with E-state index in [2.05, 4.69) is 34.7 Å². The average Bonchev–Trinajstić information content (AvgIpc) is 3.04. The minimum absolute atomic E-state index is 0.0471. The molecule has 156 valence electrons. The molecule has 9 nitrogen and oxygen atoms in total. The van der Waals surface area contributed by atoms with Crippen LogP contribution in [0.5, 0.6) is 0 Å². The zero-order valence-corrected chi connectivity index (χ0v) is 18.0. The van der Waals surface area contributed by atoms with Crippen molar-refractivity contribution >= 4 is 45.6 Å². The average molecular weight is 440 g/mol. The van der Waals surface area contributed by atoms with E-state index in [1.807, 2.05) is 0 Å². The quantitative estimate of drug-likeness (QED) is 0.477. The number of nitrogens with one attached hydrogen (secondary N) is 2. The number of amides is 2. The molecule has 0 aliphatic carbocycles. The number of hydrogen-bond acceptors (Lipinski definition) is 7. The Labute approximate surface area is 177 Å². The van der Waals surface area contributed by atoms with Crippen molar-refractivity contribution in [2.24, 2.45) is 11.8 Å². The number of carbonyl (C=O) groups excluding carboxylic acids is 2. The van der Waals surface area contributed by atoms with E-state index in [0.29, 0.717) is 11.0 Å². The van der Waals surface area contributed by atoms with Crippen LogP contribution in [0.25, 0.3) is 0 Å². The Kier molecular flexibility index (Phi) is 7.63. The van der Waals surface area contributed by atoms with Crippen LogP contribution < -0.4 is 10.6 Å². The number of nitro benzene ring substituents is 1. The number of benzene rings is 1. The summed E-state index contributed by atoms with van der Waals surface area (Å²) in [6.45, 7) is 7.69. The monoisotopic (exact) mass is 439 g/mol. The SMILES string of the molecule is CC(C)Cc1nnc(NC(=O)C(NC(=O)c2ccc([N+](=O)[O-])cc2Cl)C(C)C)s1. The van der Waals surface area contributed by atoms with Crippen molar-refractivity contribution in [3.8, 4) is 0 Å². The molecule has 2 rings (SSSR count). The predicted molar refractivity (Wildman–Crippen MR) is 111 cm³/mol. The van der Waals surface area contributed by atoms with Crippen molar-refractivity contribution in [2.75, 3.05) is 5.32 Å². The fourth-order valence-electron chi connectivity index (χ4n) is 2.47. The number of carbonyl (C=O) groups is 2. The van der Waals surface area contributed by atoms with E-state index in [0.717, 1.165) is 17.5 Å². The van der Waals surface area contributed by atoms with Gasteiger partial charge in [0.05, 0.1) is 15.5 Å². The van der Waals surface area contributed by atoms with Gasteiger partial charge in [-0.1, -0.05) is 50.6 Å². The van der Waals surface area contributed by atoms with Crippen LogP contribution in [0.3, 0.4) is 0 Å². The van der Waals surface area contributed by atoms with Crippen LogP contribution in [-0.2, 0) is 11.2 Å². The molecule has 2 aromatic rings. The van der Waals surface area contributed by atoms with Crippen molar-refractivity contribution < 1.29 is 14.5 Å². The molecule has 0 saturated heterocycles. The highest BCUT2D eigenvalue weighted by Gasteiger charge is 2.27. The van der Waals surface area contributed by atoms with Gasteiger partial charge in [-0.2, -0.15) is 0 Å². The summed E-state index contributed by atoms with van der Waals surface area (Å²) in [5.41, 5.74) is -0.177. The summed E-state index contributed by atoms with van der Waals surface area (Å²) >= 11 is 7.29. The third kappa shape index (κ3) is 6.20. The van der Waals surface area contributed by atoms with Gasteiger partial charge in [0.2, 0.25) is 11.0 Å². The Balaban J connectivity index is 2.11. The molecule has 1 unspecified atom stereocenters. The van der Waals surface area contributed by atoms with Crippen molar-refractivity contribution in [3.05, 3.63) is 43.9 Å². The Hall–Kier alpha value is -2.59. The summed E-state index contributed by atoms with van der Waals surface area (Å²) < 4.78 is 0. The molecule has 0 aliphatic heterocycles. The number of non-ortho nitro benzene ring substituents is 1. The van der Waals surface area contributed by atoms with Crippen LogP contribution in [0.1, 0.15) is 43.1 Å². The molecule has 29 heavy (non-hydrogen) atoms. The standard InChI is InChI=1S/C18H22ClN5O4S/c1-9(2)7-14-22-23-18(29-14)21-17(26)15(10(3)4)20-16(25)12-6-5-11(24(27)28)8-13(12)19/h5-6,8-10,15H,7H2,1-4H3,(H,20,25)(H,21,23,26). The fraction of sp³-hybridized carbons (Fsp3) is 0.444. The van der Waals surface area contributed by atoms with E-state index >= 15 is 0 Å². The maximum atomic E-state index is 12.7. The van der Waals surface area contributed by atoms with Gasteiger partial charge in [-0.3, -0.25) is 25.0 Å². The van der Waals surface area contributed by atoms with E-state index in [1.165, 1.54) is 23.5 Å².